The van der Waals surface area contributed by atoms with Crippen LogP contribution < -0.4 is 0 Å². The van der Waals surface area contributed by atoms with Crippen molar-refractivity contribution in [2.75, 3.05) is 34.2 Å². The molecule has 0 spiro atoms. The summed E-state index contributed by atoms with van der Waals surface area (Å²) in [6.45, 7) is 6.64. The third-order valence-electron chi connectivity index (χ3n) is 6.95. The molecule has 2 aromatic rings. The second-order valence-electron chi connectivity index (χ2n) is 11.6. The number of carbonyl (C=O) groups excluding carboxylic acids is 4. The number of hydrogen-bond donors (Lipinski definition) is 0. The Morgan fingerprint density at radius 3 is 1.88 bits per heavy atom. The lowest BCUT2D eigenvalue weighted by molar-refractivity contribution is 0.0142. The number of likely N-dealkylation sites (tertiary alicyclic amines) is 1. The Hall–Kier alpha value is -4.02. The Labute approximate surface area is 235 Å². The van der Waals surface area contributed by atoms with E-state index in [0.29, 0.717) is 48.4 Å². The van der Waals surface area contributed by atoms with Gasteiger partial charge in [-0.1, -0.05) is 12.1 Å². The van der Waals surface area contributed by atoms with Gasteiger partial charge in [-0.2, -0.15) is 0 Å². The first-order valence-electron chi connectivity index (χ1n) is 13.6. The van der Waals surface area contributed by atoms with Crippen LogP contribution in [0.4, 0.5) is 9.59 Å². The third-order valence-corrected chi connectivity index (χ3v) is 6.95. The summed E-state index contributed by atoms with van der Waals surface area (Å²) < 4.78 is 5.50. The van der Waals surface area contributed by atoms with Crippen molar-refractivity contribution in [2.24, 2.45) is 0 Å². The monoisotopic (exact) mass is 550 g/mol. The summed E-state index contributed by atoms with van der Waals surface area (Å²) in [6.07, 6.45) is 6.10. The topological polar surface area (TPSA) is 116 Å². The zero-order valence-electron chi connectivity index (χ0n) is 24.1. The zero-order valence-corrected chi connectivity index (χ0v) is 24.1. The van der Waals surface area contributed by atoms with Crippen molar-refractivity contribution in [1.82, 2.24) is 29.6 Å². The minimum atomic E-state index is -0.543. The van der Waals surface area contributed by atoms with Gasteiger partial charge in [0.15, 0.2) is 5.82 Å². The first-order valence-corrected chi connectivity index (χ1v) is 13.6. The molecule has 40 heavy (non-hydrogen) atoms. The highest BCUT2D eigenvalue weighted by molar-refractivity contribution is 6.04. The lowest BCUT2D eigenvalue weighted by Gasteiger charge is -2.39. The second kappa shape index (κ2) is 11.6. The predicted molar refractivity (Wildman–Crippen MR) is 149 cm³/mol. The van der Waals surface area contributed by atoms with E-state index >= 15 is 0 Å². The lowest BCUT2D eigenvalue weighted by atomic mass is 10.0. The number of carbonyl (C=O) groups is 4. The maximum absolute atomic E-state index is 13.5. The number of hydrogen-bond acceptors (Lipinski definition) is 7. The average molecular weight is 551 g/mol. The number of aromatic nitrogens is 2. The van der Waals surface area contributed by atoms with E-state index in [0.717, 1.165) is 17.7 Å². The first kappa shape index (κ1) is 29.0. The van der Waals surface area contributed by atoms with E-state index in [1.807, 2.05) is 25.7 Å². The molecule has 1 aromatic heterocycles. The van der Waals surface area contributed by atoms with Crippen LogP contribution in [0.2, 0.25) is 0 Å². The summed E-state index contributed by atoms with van der Waals surface area (Å²) in [7, 11) is 4.60. The Morgan fingerprint density at radius 1 is 0.825 bits per heavy atom. The van der Waals surface area contributed by atoms with E-state index in [1.165, 1.54) is 11.9 Å². The number of ether oxygens (including phenoxy) is 1. The van der Waals surface area contributed by atoms with Crippen LogP contribution in [-0.4, -0.2) is 105 Å². The molecular formula is C29H38N6O5. The number of urea groups is 1. The van der Waals surface area contributed by atoms with Crippen LogP contribution in [-0.2, 0) is 4.74 Å². The lowest BCUT2D eigenvalue weighted by Crippen LogP contribution is -2.50. The highest BCUT2D eigenvalue weighted by atomic mass is 16.6. The molecule has 1 saturated heterocycles. The molecule has 2 heterocycles. The Balaban J connectivity index is 1.40. The third kappa shape index (κ3) is 6.75. The van der Waals surface area contributed by atoms with E-state index < -0.39 is 17.5 Å². The quantitative estimate of drug-likeness (QED) is 0.554. The highest BCUT2D eigenvalue weighted by Gasteiger charge is 2.40. The van der Waals surface area contributed by atoms with Crippen molar-refractivity contribution < 1.29 is 23.9 Å². The normalized spacial score (nSPS) is 15.8. The summed E-state index contributed by atoms with van der Waals surface area (Å²) in [5.41, 5.74) is 0.927. The molecule has 11 nitrogen and oxygen atoms in total. The molecule has 4 rings (SSSR count). The molecule has 0 atom stereocenters. The first-order chi connectivity index (χ1) is 18.9. The Morgan fingerprint density at radius 2 is 1.38 bits per heavy atom. The van der Waals surface area contributed by atoms with Crippen molar-refractivity contribution in [3.8, 4) is 11.4 Å². The van der Waals surface area contributed by atoms with Crippen molar-refractivity contribution in [1.29, 1.82) is 0 Å². The van der Waals surface area contributed by atoms with E-state index in [-0.39, 0.29) is 24.1 Å². The number of benzene rings is 1. The van der Waals surface area contributed by atoms with Gasteiger partial charge < -0.3 is 19.4 Å². The second-order valence-corrected chi connectivity index (χ2v) is 11.6. The van der Waals surface area contributed by atoms with Gasteiger partial charge in [0.05, 0.1) is 5.56 Å². The average Bonchev–Trinajstić information content (AvgIpc) is 3.76. The fraction of sp³-hybridized carbons (Fsp3) is 0.517. The number of rotatable bonds is 5. The minimum absolute atomic E-state index is 0.0425. The van der Waals surface area contributed by atoms with E-state index in [2.05, 4.69) is 9.97 Å². The van der Waals surface area contributed by atoms with Gasteiger partial charge in [-0.25, -0.2) is 19.6 Å². The molecule has 1 saturated carbocycles. The molecule has 0 radical (unpaired) electrons. The SMILES string of the molecule is CN(C)C(=O)N(C)C(=O)c1ccc(-c2ncc(C(=O)N(C3CC3)C3CCN(C(=O)OC(C)(C)C)CC3)cn2)cc1. The molecule has 214 valence electrons. The van der Waals surface area contributed by atoms with Crippen molar-refractivity contribution in [2.45, 2.75) is 64.1 Å². The smallest absolute Gasteiger partial charge is 0.410 e. The van der Waals surface area contributed by atoms with Crippen molar-refractivity contribution in [3.05, 3.63) is 47.8 Å². The molecule has 2 aliphatic rings. The molecule has 0 unspecified atom stereocenters. The Bertz CT molecular complexity index is 1240. The highest BCUT2D eigenvalue weighted by Crippen LogP contribution is 2.33. The van der Waals surface area contributed by atoms with Gasteiger partial charge in [-0.3, -0.25) is 14.5 Å². The summed E-state index contributed by atoms with van der Waals surface area (Å²) in [5.74, 6) is -0.0829. The van der Waals surface area contributed by atoms with Crippen LogP contribution in [0.25, 0.3) is 11.4 Å². The summed E-state index contributed by atoms with van der Waals surface area (Å²) in [4.78, 5) is 65.6. The van der Waals surface area contributed by atoms with E-state index in [9.17, 15) is 19.2 Å². The standard InChI is InChI=1S/C29H38N6O5/c1-29(2,3)40-28(39)34-15-13-23(14-16-34)35(22-11-12-22)26(37)21-17-30-24(31-18-21)19-7-9-20(10-8-19)25(36)33(6)27(38)32(4)5/h7-10,17-18,22-23H,11-16H2,1-6H3. The zero-order chi connectivity index (χ0) is 29.2. The van der Waals surface area contributed by atoms with Crippen molar-refractivity contribution in [3.63, 3.8) is 0 Å². The van der Waals surface area contributed by atoms with Gasteiger partial charge in [0, 0.05) is 69.8 Å². The van der Waals surface area contributed by atoms with Gasteiger partial charge in [-0.15, -0.1) is 0 Å². The van der Waals surface area contributed by atoms with Crippen LogP contribution in [0.3, 0.4) is 0 Å². The number of amides is 5. The fourth-order valence-electron chi connectivity index (χ4n) is 4.71. The largest absolute Gasteiger partial charge is 0.444 e. The van der Waals surface area contributed by atoms with Crippen LogP contribution in [0.5, 0.6) is 0 Å². The molecule has 1 aromatic carbocycles. The van der Waals surface area contributed by atoms with Gasteiger partial charge in [-0.05, 0) is 58.6 Å². The van der Waals surface area contributed by atoms with E-state index in [1.54, 1.807) is 55.7 Å². The van der Waals surface area contributed by atoms with Crippen LogP contribution in [0, 0.1) is 0 Å². The van der Waals surface area contributed by atoms with Gasteiger partial charge >= 0.3 is 12.1 Å². The molecule has 11 heteroatoms. The number of nitrogens with zero attached hydrogens (tertiary/aromatic N) is 6. The maximum atomic E-state index is 13.5. The molecule has 2 fully saturated rings. The molecule has 1 aliphatic carbocycles. The van der Waals surface area contributed by atoms with Gasteiger partial charge in [0.25, 0.3) is 11.8 Å². The van der Waals surface area contributed by atoms with Crippen LogP contribution in [0.15, 0.2) is 36.7 Å². The molecule has 0 N–H and O–H groups in total. The number of imide groups is 1. The van der Waals surface area contributed by atoms with E-state index in [4.69, 9.17) is 4.74 Å². The Kier molecular flexibility index (Phi) is 8.41. The molecule has 0 bridgehead atoms. The number of piperidine rings is 1. The molecular weight excluding hydrogens is 512 g/mol. The summed E-state index contributed by atoms with van der Waals surface area (Å²) >= 11 is 0. The maximum Gasteiger partial charge on any atom is 0.410 e. The fourth-order valence-corrected chi connectivity index (χ4v) is 4.71. The summed E-state index contributed by atoms with van der Waals surface area (Å²) in [6, 6.07) is 6.51. The summed E-state index contributed by atoms with van der Waals surface area (Å²) in [5, 5.41) is 0. The predicted octanol–water partition coefficient (Wildman–Crippen LogP) is 3.90. The van der Waals surface area contributed by atoms with Crippen LogP contribution in [0.1, 0.15) is 67.2 Å². The minimum Gasteiger partial charge on any atom is -0.444 e. The van der Waals surface area contributed by atoms with Gasteiger partial charge in [0.1, 0.15) is 5.60 Å². The molecule has 5 amide bonds. The molecule has 1 aliphatic heterocycles. The van der Waals surface area contributed by atoms with Crippen molar-refractivity contribution >= 4 is 23.9 Å². The van der Waals surface area contributed by atoms with Gasteiger partial charge in [0.2, 0.25) is 0 Å². The van der Waals surface area contributed by atoms with Crippen LogP contribution >= 0.6 is 0 Å².